The van der Waals surface area contributed by atoms with E-state index in [0.717, 1.165) is 16.7 Å². The van der Waals surface area contributed by atoms with E-state index in [2.05, 4.69) is 30.6 Å². The van der Waals surface area contributed by atoms with Crippen LogP contribution in [0.5, 0.6) is 5.75 Å². The number of H-pyrrole nitrogens is 1. The Hall–Kier alpha value is -4.91. The van der Waals surface area contributed by atoms with Crippen LogP contribution in [0.3, 0.4) is 0 Å². The van der Waals surface area contributed by atoms with Crippen LogP contribution in [0.2, 0.25) is 0 Å². The van der Waals surface area contributed by atoms with Crippen LogP contribution in [-0.4, -0.2) is 36.7 Å². The molecule has 0 bridgehead atoms. The normalized spacial score (nSPS) is 11.7. The first-order valence-electron chi connectivity index (χ1n) is 10.6. The van der Waals surface area contributed by atoms with E-state index in [1.807, 2.05) is 12.1 Å². The van der Waals surface area contributed by atoms with Crippen molar-refractivity contribution in [2.24, 2.45) is 10.2 Å². The molecule has 6 rings (SSSR count). The highest BCUT2D eigenvalue weighted by Gasteiger charge is 2.21. The Kier molecular flexibility index (Phi) is 5.04. The standard InChI is InChI=1S/C23H16N8O4S/c1-12-18(25-24-14-7-9-15(34-2)10-8-14)20(32)30(28-12)22-26-27-23-31(22)29-19(36-23)16-11-13-5-3-4-6-17(13)35-21(16)33/h3-11,28H,1-2H3. The van der Waals surface area contributed by atoms with Gasteiger partial charge in [-0.25, -0.2) is 4.79 Å². The molecule has 0 unspecified atom stereocenters. The molecule has 0 fully saturated rings. The van der Waals surface area contributed by atoms with Gasteiger partial charge in [0.1, 0.15) is 11.3 Å². The van der Waals surface area contributed by atoms with Gasteiger partial charge in [-0.2, -0.15) is 19.4 Å². The lowest BCUT2D eigenvalue weighted by molar-refractivity contribution is 0.415. The van der Waals surface area contributed by atoms with E-state index in [9.17, 15) is 9.59 Å². The number of hydrogen-bond donors (Lipinski definition) is 1. The van der Waals surface area contributed by atoms with Crippen molar-refractivity contribution in [3.63, 3.8) is 0 Å². The lowest BCUT2D eigenvalue weighted by Gasteiger charge is -1.98. The number of aromatic amines is 1. The van der Waals surface area contributed by atoms with Crippen LogP contribution in [-0.2, 0) is 0 Å². The number of nitrogens with one attached hydrogen (secondary N) is 1. The van der Waals surface area contributed by atoms with Crippen molar-refractivity contribution in [1.82, 2.24) is 29.6 Å². The molecule has 178 valence electrons. The zero-order valence-electron chi connectivity index (χ0n) is 18.9. The Morgan fingerprint density at radius 2 is 1.86 bits per heavy atom. The van der Waals surface area contributed by atoms with Crippen molar-refractivity contribution >= 4 is 38.6 Å². The first-order chi connectivity index (χ1) is 17.5. The summed E-state index contributed by atoms with van der Waals surface area (Å²) in [6.07, 6.45) is 0. The van der Waals surface area contributed by atoms with Gasteiger partial charge in [0.25, 0.3) is 5.95 Å². The number of benzene rings is 2. The van der Waals surface area contributed by atoms with E-state index < -0.39 is 11.2 Å². The largest absolute Gasteiger partial charge is 0.497 e. The minimum atomic E-state index is -0.519. The van der Waals surface area contributed by atoms with Crippen LogP contribution in [0.4, 0.5) is 11.4 Å². The monoisotopic (exact) mass is 500 g/mol. The van der Waals surface area contributed by atoms with Crippen molar-refractivity contribution < 1.29 is 9.15 Å². The van der Waals surface area contributed by atoms with Crippen LogP contribution >= 0.6 is 11.3 Å². The average molecular weight is 501 g/mol. The van der Waals surface area contributed by atoms with Crippen molar-refractivity contribution in [1.29, 1.82) is 0 Å². The second kappa shape index (κ2) is 8.39. The molecule has 4 heterocycles. The Morgan fingerprint density at radius 3 is 2.67 bits per heavy atom. The van der Waals surface area contributed by atoms with Crippen LogP contribution in [0.1, 0.15) is 5.69 Å². The fourth-order valence-electron chi connectivity index (χ4n) is 3.62. The van der Waals surface area contributed by atoms with Gasteiger partial charge in [-0.3, -0.25) is 9.89 Å². The molecule has 0 aliphatic heterocycles. The topological polar surface area (TPSA) is 145 Å². The zero-order valence-corrected chi connectivity index (χ0v) is 19.7. The molecule has 13 heteroatoms. The van der Waals surface area contributed by atoms with Gasteiger partial charge in [0, 0.05) is 5.39 Å². The number of para-hydroxylation sites is 1. The predicted octanol–water partition coefficient (Wildman–Crippen LogP) is 4.17. The number of hydrogen-bond acceptors (Lipinski definition) is 10. The fourth-order valence-corrected chi connectivity index (χ4v) is 4.46. The molecular formula is C23H16N8O4S. The van der Waals surface area contributed by atoms with Gasteiger partial charge < -0.3 is 9.15 Å². The maximum absolute atomic E-state index is 13.1. The molecule has 0 spiro atoms. The molecule has 0 saturated carbocycles. The van der Waals surface area contributed by atoms with Gasteiger partial charge in [-0.05, 0) is 43.3 Å². The Morgan fingerprint density at radius 1 is 1.06 bits per heavy atom. The SMILES string of the molecule is COc1ccc(N=Nc2c(C)[nH]n(-c3nnc4sc(-c5cc6ccccc6oc5=O)nn34)c2=O)cc1. The smallest absolute Gasteiger partial charge is 0.346 e. The molecular weight excluding hydrogens is 484 g/mol. The fraction of sp³-hybridized carbons (Fsp3) is 0.0870. The maximum atomic E-state index is 13.1. The third kappa shape index (κ3) is 3.58. The van der Waals surface area contributed by atoms with Gasteiger partial charge >= 0.3 is 11.2 Å². The number of aromatic nitrogens is 6. The lowest BCUT2D eigenvalue weighted by Crippen LogP contribution is -2.17. The van der Waals surface area contributed by atoms with E-state index in [1.54, 1.807) is 56.5 Å². The summed E-state index contributed by atoms with van der Waals surface area (Å²) >= 11 is 1.15. The second-order valence-electron chi connectivity index (χ2n) is 7.71. The highest BCUT2D eigenvalue weighted by Crippen LogP contribution is 2.27. The summed E-state index contributed by atoms with van der Waals surface area (Å²) < 4.78 is 13.1. The second-order valence-corrected chi connectivity index (χ2v) is 8.67. The van der Waals surface area contributed by atoms with Crippen molar-refractivity contribution in [2.45, 2.75) is 6.92 Å². The van der Waals surface area contributed by atoms with E-state index in [4.69, 9.17) is 9.15 Å². The van der Waals surface area contributed by atoms with Crippen molar-refractivity contribution in [3.05, 3.63) is 81.1 Å². The third-order valence-corrected chi connectivity index (χ3v) is 6.36. The summed E-state index contributed by atoms with van der Waals surface area (Å²) in [5.41, 5.74) is 0.949. The summed E-state index contributed by atoms with van der Waals surface area (Å²) in [4.78, 5) is 26.1. The van der Waals surface area contributed by atoms with Crippen molar-refractivity contribution in [3.8, 4) is 22.3 Å². The summed E-state index contributed by atoms with van der Waals surface area (Å²) in [6, 6.07) is 15.9. The van der Waals surface area contributed by atoms with Crippen molar-refractivity contribution in [2.75, 3.05) is 7.11 Å². The molecule has 0 aliphatic carbocycles. The molecule has 36 heavy (non-hydrogen) atoms. The predicted molar refractivity (Wildman–Crippen MR) is 132 cm³/mol. The molecule has 4 aromatic heterocycles. The highest BCUT2D eigenvalue weighted by atomic mass is 32.1. The molecule has 12 nitrogen and oxygen atoms in total. The van der Waals surface area contributed by atoms with Crippen LogP contribution in [0, 0.1) is 6.92 Å². The molecule has 0 amide bonds. The first-order valence-corrected chi connectivity index (χ1v) is 11.5. The number of methoxy groups -OCH3 is 1. The number of rotatable bonds is 5. The number of fused-ring (bicyclic) bond motifs is 2. The molecule has 6 aromatic rings. The molecule has 0 radical (unpaired) electrons. The van der Waals surface area contributed by atoms with E-state index in [-0.39, 0.29) is 11.6 Å². The minimum absolute atomic E-state index is 0.119. The van der Waals surface area contributed by atoms with E-state index in [0.29, 0.717) is 38.2 Å². The van der Waals surface area contributed by atoms with Crippen LogP contribution in [0.15, 0.2) is 78.8 Å². The summed E-state index contributed by atoms with van der Waals surface area (Å²) in [5, 5.41) is 25.0. The number of aryl methyl sites for hydroxylation is 1. The highest BCUT2D eigenvalue weighted by molar-refractivity contribution is 7.19. The van der Waals surface area contributed by atoms with Crippen LogP contribution < -0.4 is 15.9 Å². The summed E-state index contributed by atoms with van der Waals surface area (Å²) in [7, 11) is 1.58. The van der Waals surface area contributed by atoms with Gasteiger partial charge in [0.05, 0.1) is 24.1 Å². The maximum Gasteiger partial charge on any atom is 0.346 e. The number of azo groups is 1. The minimum Gasteiger partial charge on any atom is -0.497 e. The average Bonchev–Trinajstić information content (AvgIpc) is 3.55. The third-order valence-electron chi connectivity index (χ3n) is 5.42. The van der Waals surface area contributed by atoms with Gasteiger partial charge in [0.2, 0.25) is 4.96 Å². The number of ether oxygens (including phenoxy) is 1. The van der Waals surface area contributed by atoms with Crippen LogP contribution in [0.25, 0.3) is 32.4 Å². The Balaban J connectivity index is 1.39. The van der Waals surface area contributed by atoms with Gasteiger partial charge in [0.15, 0.2) is 10.7 Å². The zero-order chi connectivity index (χ0) is 24.8. The molecule has 2 aromatic carbocycles. The Labute approximate surface area is 205 Å². The summed E-state index contributed by atoms with van der Waals surface area (Å²) in [6.45, 7) is 1.70. The Bertz CT molecular complexity index is 1890. The molecule has 0 saturated heterocycles. The summed E-state index contributed by atoms with van der Waals surface area (Å²) in [5.74, 6) is 0.811. The van der Waals surface area contributed by atoms with Gasteiger partial charge in [-0.1, -0.05) is 29.5 Å². The van der Waals surface area contributed by atoms with E-state index in [1.165, 1.54) is 9.20 Å². The molecule has 1 N–H and O–H groups in total. The number of nitrogens with zero attached hydrogens (tertiary/aromatic N) is 7. The quantitative estimate of drug-likeness (QED) is 0.276. The first kappa shape index (κ1) is 21.6. The lowest BCUT2D eigenvalue weighted by atomic mass is 10.2. The van der Waals surface area contributed by atoms with E-state index >= 15 is 0 Å². The molecule has 0 atom stereocenters. The van der Waals surface area contributed by atoms with Gasteiger partial charge in [-0.15, -0.1) is 15.3 Å². The molecule has 0 aliphatic rings.